The van der Waals surface area contributed by atoms with E-state index in [0.29, 0.717) is 29.5 Å². The monoisotopic (exact) mass is 443 g/mol. The number of benzene rings is 2. The zero-order chi connectivity index (χ0) is 23.4. The third-order valence-electron chi connectivity index (χ3n) is 5.22. The zero-order valence-electron chi connectivity index (χ0n) is 18.7. The average molecular weight is 444 g/mol. The molecule has 2 aromatic heterocycles. The standard InChI is InChI=1S/C24H25N7O2/c1-4-23-28-29-30-31(23)20-11-19(17-7-5-15(2)6-8-17)12-21(14-20)33-24(32)27-16(3)18-9-10-26-22(25)13-18/h5-14,16H,4H2,1-3H3,(H2,25,26)(H,27,32). The van der Waals surface area contributed by atoms with Crippen molar-refractivity contribution in [2.45, 2.75) is 33.2 Å². The lowest BCUT2D eigenvalue weighted by atomic mass is 10.0. The lowest BCUT2D eigenvalue weighted by molar-refractivity contribution is 0.197. The van der Waals surface area contributed by atoms with Gasteiger partial charge in [0.15, 0.2) is 5.82 Å². The maximum absolute atomic E-state index is 12.7. The molecule has 0 aliphatic rings. The molecule has 9 heteroatoms. The summed E-state index contributed by atoms with van der Waals surface area (Å²) in [5, 5.41) is 14.8. The van der Waals surface area contributed by atoms with Gasteiger partial charge in [-0.2, -0.15) is 4.68 Å². The van der Waals surface area contributed by atoms with Crippen molar-refractivity contribution >= 4 is 11.9 Å². The summed E-state index contributed by atoms with van der Waals surface area (Å²) < 4.78 is 7.30. The summed E-state index contributed by atoms with van der Waals surface area (Å²) in [4.78, 5) is 16.6. The normalized spacial score (nSPS) is 11.7. The van der Waals surface area contributed by atoms with E-state index < -0.39 is 6.09 Å². The van der Waals surface area contributed by atoms with Crippen LogP contribution in [0.4, 0.5) is 10.6 Å². The molecule has 33 heavy (non-hydrogen) atoms. The Morgan fingerprint density at radius 1 is 1.12 bits per heavy atom. The van der Waals surface area contributed by atoms with Crippen LogP contribution in [0, 0.1) is 6.92 Å². The Bertz CT molecular complexity index is 1270. The molecule has 0 saturated carbocycles. The van der Waals surface area contributed by atoms with Crippen LogP contribution < -0.4 is 15.8 Å². The summed E-state index contributed by atoms with van der Waals surface area (Å²) in [6.45, 7) is 5.86. The molecule has 9 nitrogen and oxygen atoms in total. The van der Waals surface area contributed by atoms with E-state index in [1.165, 1.54) is 0 Å². The molecule has 1 atom stereocenters. The van der Waals surface area contributed by atoms with Crippen LogP contribution >= 0.6 is 0 Å². The summed E-state index contributed by atoms with van der Waals surface area (Å²) in [6, 6.07) is 16.8. The van der Waals surface area contributed by atoms with Gasteiger partial charge >= 0.3 is 6.09 Å². The minimum absolute atomic E-state index is 0.311. The molecule has 0 aliphatic heterocycles. The predicted molar refractivity (Wildman–Crippen MR) is 125 cm³/mol. The topological polar surface area (TPSA) is 121 Å². The van der Waals surface area contributed by atoms with Crippen molar-refractivity contribution in [1.82, 2.24) is 30.5 Å². The van der Waals surface area contributed by atoms with Gasteiger partial charge in [-0.05, 0) is 65.2 Å². The number of aryl methyl sites for hydroxylation is 2. The number of nitrogens with two attached hydrogens (primary N) is 1. The molecule has 0 bridgehead atoms. The van der Waals surface area contributed by atoms with Crippen molar-refractivity contribution in [3.63, 3.8) is 0 Å². The molecular formula is C24H25N7O2. The Hall–Kier alpha value is -4.27. The van der Waals surface area contributed by atoms with Gasteiger partial charge in [0.2, 0.25) is 0 Å². The van der Waals surface area contributed by atoms with Crippen LogP contribution in [0.15, 0.2) is 60.8 Å². The second kappa shape index (κ2) is 9.47. The molecule has 0 aliphatic carbocycles. The largest absolute Gasteiger partial charge is 0.413 e. The van der Waals surface area contributed by atoms with Gasteiger partial charge in [-0.3, -0.25) is 0 Å². The Morgan fingerprint density at radius 2 is 1.91 bits per heavy atom. The molecule has 0 fully saturated rings. The maximum Gasteiger partial charge on any atom is 0.413 e. The van der Waals surface area contributed by atoms with Crippen LogP contribution in [0.2, 0.25) is 0 Å². The lowest BCUT2D eigenvalue weighted by Crippen LogP contribution is -2.29. The molecule has 4 rings (SSSR count). The van der Waals surface area contributed by atoms with Gasteiger partial charge in [0.1, 0.15) is 11.6 Å². The second-order valence-corrected chi connectivity index (χ2v) is 7.71. The second-order valence-electron chi connectivity index (χ2n) is 7.71. The average Bonchev–Trinajstić information content (AvgIpc) is 3.28. The van der Waals surface area contributed by atoms with E-state index in [1.54, 1.807) is 29.1 Å². The maximum atomic E-state index is 12.7. The van der Waals surface area contributed by atoms with Crippen LogP contribution in [0.1, 0.15) is 36.8 Å². The number of aromatic nitrogens is 5. The summed E-state index contributed by atoms with van der Waals surface area (Å²) in [6.07, 6.45) is 1.67. The number of amides is 1. The molecule has 2 aromatic carbocycles. The number of rotatable bonds is 6. The molecule has 0 spiro atoms. The highest BCUT2D eigenvalue weighted by Crippen LogP contribution is 2.29. The lowest BCUT2D eigenvalue weighted by Gasteiger charge is -2.16. The predicted octanol–water partition coefficient (Wildman–Crippen LogP) is 4.03. The minimum Gasteiger partial charge on any atom is -0.410 e. The summed E-state index contributed by atoms with van der Waals surface area (Å²) >= 11 is 0. The molecule has 0 radical (unpaired) electrons. The molecule has 0 saturated heterocycles. The highest BCUT2D eigenvalue weighted by atomic mass is 16.6. The molecule has 3 N–H and O–H groups in total. The number of ether oxygens (including phenoxy) is 1. The number of anilines is 1. The number of tetrazole rings is 1. The highest BCUT2D eigenvalue weighted by Gasteiger charge is 2.15. The number of carbonyl (C=O) groups is 1. The van der Waals surface area contributed by atoms with Crippen molar-refractivity contribution in [1.29, 1.82) is 0 Å². The van der Waals surface area contributed by atoms with Gasteiger partial charge < -0.3 is 15.8 Å². The number of carbonyl (C=O) groups excluding carboxylic acids is 1. The quantitative estimate of drug-likeness (QED) is 0.461. The van der Waals surface area contributed by atoms with E-state index in [9.17, 15) is 4.79 Å². The van der Waals surface area contributed by atoms with Crippen molar-refractivity contribution in [2.75, 3.05) is 5.73 Å². The number of nitrogens with zero attached hydrogens (tertiary/aromatic N) is 5. The summed E-state index contributed by atoms with van der Waals surface area (Å²) in [5.41, 5.74) is 10.3. The number of hydrogen-bond acceptors (Lipinski definition) is 7. The van der Waals surface area contributed by atoms with Crippen molar-refractivity contribution in [3.8, 4) is 22.6 Å². The first-order valence-electron chi connectivity index (χ1n) is 10.6. The summed E-state index contributed by atoms with van der Waals surface area (Å²) in [7, 11) is 0. The van der Waals surface area contributed by atoms with Crippen LogP contribution in [0.25, 0.3) is 16.8 Å². The highest BCUT2D eigenvalue weighted by molar-refractivity contribution is 5.74. The van der Waals surface area contributed by atoms with Crippen LogP contribution in [0.3, 0.4) is 0 Å². The van der Waals surface area contributed by atoms with Crippen LogP contribution in [0.5, 0.6) is 5.75 Å². The minimum atomic E-state index is -0.586. The van der Waals surface area contributed by atoms with Crippen molar-refractivity contribution in [2.24, 2.45) is 0 Å². The smallest absolute Gasteiger partial charge is 0.410 e. The van der Waals surface area contributed by atoms with E-state index >= 15 is 0 Å². The molecule has 168 valence electrons. The number of hydrogen-bond donors (Lipinski definition) is 2. The fourth-order valence-electron chi connectivity index (χ4n) is 3.44. The molecule has 4 aromatic rings. The SMILES string of the molecule is CCc1nnnn1-c1cc(OC(=O)NC(C)c2ccnc(N)c2)cc(-c2ccc(C)cc2)c1. The first kappa shape index (κ1) is 21.9. The van der Waals surface area contributed by atoms with E-state index in [0.717, 1.165) is 22.3 Å². The van der Waals surface area contributed by atoms with E-state index in [4.69, 9.17) is 10.5 Å². The van der Waals surface area contributed by atoms with E-state index in [2.05, 4.69) is 25.8 Å². The van der Waals surface area contributed by atoms with Gasteiger partial charge in [0.25, 0.3) is 0 Å². The van der Waals surface area contributed by atoms with Crippen molar-refractivity contribution < 1.29 is 9.53 Å². The molecule has 1 amide bonds. The van der Waals surface area contributed by atoms with Crippen LogP contribution in [-0.4, -0.2) is 31.3 Å². The number of pyridine rings is 1. The Balaban J connectivity index is 1.63. The Morgan fingerprint density at radius 3 is 2.64 bits per heavy atom. The van der Waals surface area contributed by atoms with Crippen LogP contribution in [-0.2, 0) is 6.42 Å². The third-order valence-corrected chi connectivity index (χ3v) is 5.22. The molecule has 1 unspecified atom stereocenters. The van der Waals surface area contributed by atoms with Gasteiger partial charge in [0.05, 0.1) is 11.7 Å². The van der Waals surface area contributed by atoms with E-state index in [1.807, 2.05) is 57.2 Å². The Labute approximate surface area is 191 Å². The van der Waals surface area contributed by atoms with Gasteiger partial charge in [0, 0.05) is 18.7 Å². The van der Waals surface area contributed by atoms with Gasteiger partial charge in [-0.15, -0.1) is 5.10 Å². The number of nitrogens with one attached hydrogen (secondary N) is 1. The Kier molecular flexibility index (Phi) is 6.30. The fraction of sp³-hybridized carbons (Fsp3) is 0.208. The first-order chi connectivity index (χ1) is 15.9. The van der Waals surface area contributed by atoms with Crippen molar-refractivity contribution in [3.05, 3.63) is 77.7 Å². The first-order valence-corrected chi connectivity index (χ1v) is 10.6. The van der Waals surface area contributed by atoms with Gasteiger partial charge in [-0.1, -0.05) is 36.8 Å². The molecule has 2 heterocycles. The molecular weight excluding hydrogens is 418 g/mol. The van der Waals surface area contributed by atoms with E-state index in [-0.39, 0.29) is 6.04 Å². The summed E-state index contributed by atoms with van der Waals surface area (Å²) in [5.74, 6) is 1.47. The number of nitrogen functional groups attached to an aromatic ring is 1. The third kappa shape index (κ3) is 5.15. The van der Waals surface area contributed by atoms with Gasteiger partial charge in [-0.25, -0.2) is 9.78 Å². The fourth-order valence-corrected chi connectivity index (χ4v) is 3.44. The zero-order valence-corrected chi connectivity index (χ0v) is 18.7.